The highest BCUT2D eigenvalue weighted by Gasteiger charge is 2.17. The van der Waals surface area contributed by atoms with Gasteiger partial charge in [-0.15, -0.1) is 11.3 Å². The van der Waals surface area contributed by atoms with Crippen LogP contribution in [0.3, 0.4) is 0 Å². The lowest BCUT2D eigenvalue weighted by Gasteiger charge is -2.04. The molecule has 2 rings (SSSR count). The van der Waals surface area contributed by atoms with Crippen LogP contribution in [-0.2, 0) is 6.42 Å². The van der Waals surface area contributed by atoms with E-state index in [0.717, 1.165) is 22.4 Å². The quantitative estimate of drug-likeness (QED) is 0.886. The largest absolute Gasteiger partial charge is 0.397 e. The second kappa shape index (κ2) is 4.79. The molecule has 2 aromatic rings. The van der Waals surface area contributed by atoms with Crippen molar-refractivity contribution in [3.05, 3.63) is 39.7 Å². The molecular weight excluding hydrogens is 252 g/mol. The number of anilines is 1. The molecule has 0 unspecified atom stereocenters. The minimum absolute atomic E-state index is 0.566. The molecule has 2 nitrogen and oxygen atoms in total. The number of nitrogens with zero attached hydrogens (tertiary/aromatic N) is 1. The van der Waals surface area contributed by atoms with Crippen LogP contribution in [0, 0.1) is 11.3 Å². The predicted octanol–water partition coefficient (Wildman–Crippen LogP) is 4.08. The lowest BCUT2D eigenvalue weighted by molar-refractivity contribution is 1.16. The van der Waals surface area contributed by atoms with E-state index in [1.165, 1.54) is 11.3 Å². The van der Waals surface area contributed by atoms with Crippen LogP contribution in [-0.4, -0.2) is 0 Å². The van der Waals surface area contributed by atoms with Crippen molar-refractivity contribution in [2.75, 3.05) is 5.73 Å². The fourth-order valence-corrected chi connectivity index (χ4v) is 3.21. The molecule has 0 amide bonds. The van der Waals surface area contributed by atoms with E-state index in [4.69, 9.17) is 22.6 Å². The molecule has 0 fully saturated rings. The summed E-state index contributed by atoms with van der Waals surface area (Å²) in [6, 6.07) is 9.75. The molecule has 86 valence electrons. The molecule has 0 aliphatic rings. The van der Waals surface area contributed by atoms with Crippen molar-refractivity contribution in [2.24, 2.45) is 0 Å². The van der Waals surface area contributed by atoms with Gasteiger partial charge in [0.2, 0.25) is 0 Å². The van der Waals surface area contributed by atoms with E-state index in [9.17, 15) is 0 Å². The molecule has 1 aromatic carbocycles. The Morgan fingerprint density at radius 3 is 2.71 bits per heavy atom. The highest BCUT2D eigenvalue weighted by Crippen LogP contribution is 2.41. The Labute approximate surface area is 109 Å². The number of rotatable bonds is 2. The van der Waals surface area contributed by atoms with E-state index in [2.05, 4.69) is 6.07 Å². The topological polar surface area (TPSA) is 49.8 Å². The summed E-state index contributed by atoms with van der Waals surface area (Å²) in [5, 5.41) is 9.70. The number of benzene rings is 1. The molecule has 17 heavy (non-hydrogen) atoms. The van der Waals surface area contributed by atoms with Gasteiger partial charge in [0.15, 0.2) is 0 Å². The first-order chi connectivity index (χ1) is 8.19. The molecule has 0 saturated heterocycles. The third kappa shape index (κ3) is 2.02. The zero-order valence-electron chi connectivity index (χ0n) is 9.33. The van der Waals surface area contributed by atoms with Gasteiger partial charge in [-0.05, 0) is 18.1 Å². The number of hydrogen-bond acceptors (Lipinski definition) is 3. The number of halogens is 1. The van der Waals surface area contributed by atoms with Crippen LogP contribution in [0.15, 0.2) is 24.3 Å². The van der Waals surface area contributed by atoms with Gasteiger partial charge in [0, 0.05) is 15.5 Å². The van der Waals surface area contributed by atoms with Gasteiger partial charge in [0.25, 0.3) is 0 Å². The number of nitriles is 1. The third-order valence-corrected chi connectivity index (χ3v) is 4.14. The van der Waals surface area contributed by atoms with Crippen LogP contribution in [0.4, 0.5) is 5.69 Å². The first-order valence-corrected chi connectivity index (χ1v) is 6.44. The Hall–Kier alpha value is -1.50. The minimum atomic E-state index is 0.566. The molecule has 0 radical (unpaired) electrons. The van der Waals surface area contributed by atoms with Crippen molar-refractivity contribution >= 4 is 28.6 Å². The molecule has 0 saturated carbocycles. The standard InChI is InChI=1S/C13H11ClN2S/c1-2-8-12(16)11(7-15)17-13(8)9-5-3-4-6-10(9)14/h3-6H,2,16H2,1H3. The summed E-state index contributed by atoms with van der Waals surface area (Å²) in [6.45, 7) is 2.03. The Morgan fingerprint density at radius 1 is 1.41 bits per heavy atom. The second-order valence-corrected chi connectivity index (χ2v) is 5.03. The SMILES string of the molecule is CCc1c(-c2ccccc2Cl)sc(C#N)c1N. The van der Waals surface area contributed by atoms with Gasteiger partial charge in [-0.25, -0.2) is 0 Å². The lowest BCUT2D eigenvalue weighted by atomic mass is 10.1. The third-order valence-electron chi connectivity index (χ3n) is 2.62. The molecule has 2 N–H and O–H groups in total. The summed E-state index contributed by atoms with van der Waals surface area (Å²) in [5.74, 6) is 0. The average molecular weight is 263 g/mol. The van der Waals surface area contributed by atoms with Crippen molar-refractivity contribution in [3.8, 4) is 16.5 Å². The number of nitrogens with two attached hydrogens (primary N) is 1. The molecule has 1 heterocycles. The van der Waals surface area contributed by atoms with E-state index in [-0.39, 0.29) is 0 Å². The number of thiophene rings is 1. The second-order valence-electron chi connectivity index (χ2n) is 3.60. The van der Waals surface area contributed by atoms with E-state index >= 15 is 0 Å². The Balaban J connectivity index is 2.69. The molecule has 0 bridgehead atoms. The maximum absolute atomic E-state index is 9.02. The maximum Gasteiger partial charge on any atom is 0.128 e. The van der Waals surface area contributed by atoms with Gasteiger partial charge >= 0.3 is 0 Å². The first-order valence-electron chi connectivity index (χ1n) is 5.25. The summed E-state index contributed by atoms with van der Waals surface area (Å²) < 4.78 is 0. The van der Waals surface area contributed by atoms with E-state index in [1.807, 2.05) is 31.2 Å². The zero-order chi connectivity index (χ0) is 12.4. The van der Waals surface area contributed by atoms with E-state index in [1.54, 1.807) is 0 Å². The van der Waals surface area contributed by atoms with Gasteiger partial charge in [0.05, 0.1) is 5.69 Å². The van der Waals surface area contributed by atoms with Crippen LogP contribution in [0.25, 0.3) is 10.4 Å². The summed E-state index contributed by atoms with van der Waals surface area (Å²) in [5.41, 5.74) is 8.51. The first kappa shape index (κ1) is 12.0. The van der Waals surface area contributed by atoms with Crippen molar-refractivity contribution < 1.29 is 0 Å². The Kier molecular flexibility index (Phi) is 3.37. The fraction of sp³-hybridized carbons (Fsp3) is 0.154. The smallest absolute Gasteiger partial charge is 0.128 e. The van der Waals surface area contributed by atoms with Gasteiger partial charge in [0.1, 0.15) is 10.9 Å². The lowest BCUT2D eigenvalue weighted by Crippen LogP contribution is -1.91. The molecule has 0 aliphatic heterocycles. The molecule has 0 aliphatic carbocycles. The predicted molar refractivity (Wildman–Crippen MR) is 73.3 cm³/mol. The van der Waals surface area contributed by atoms with Gasteiger partial charge in [-0.3, -0.25) is 0 Å². The zero-order valence-corrected chi connectivity index (χ0v) is 10.9. The molecule has 4 heteroatoms. The molecule has 1 aromatic heterocycles. The van der Waals surface area contributed by atoms with Crippen LogP contribution < -0.4 is 5.73 Å². The van der Waals surface area contributed by atoms with Gasteiger partial charge < -0.3 is 5.73 Å². The Bertz CT molecular complexity index is 596. The van der Waals surface area contributed by atoms with Crippen molar-refractivity contribution in [3.63, 3.8) is 0 Å². The van der Waals surface area contributed by atoms with Gasteiger partial charge in [-0.1, -0.05) is 36.7 Å². The number of hydrogen-bond donors (Lipinski definition) is 1. The normalized spacial score (nSPS) is 10.2. The minimum Gasteiger partial charge on any atom is -0.397 e. The molecule has 0 atom stereocenters. The highest BCUT2D eigenvalue weighted by molar-refractivity contribution is 7.17. The monoisotopic (exact) mass is 262 g/mol. The summed E-state index contributed by atoms with van der Waals surface area (Å²) >= 11 is 7.58. The maximum atomic E-state index is 9.02. The molecule has 0 spiro atoms. The van der Waals surface area contributed by atoms with Gasteiger partial charge in [-0.2, -0.15) is 5.26 Å². The van der Waals surface area contributed by atoms with Crippen molar-refractivity contribution in [2.45, 2.75) is 13.3 Å². The number of nitrogen functional groups attached to an aromatic ring is 1. The summed E-state index contributed by atoms with van der Waals surface area (Å²) in [7, 11) is 0. The van der Waals surface area contributed by atoms with E-state index in [0.29, 0.717) is 15.6 Å². The van der Waals surface area contributed by atoms with E-state index < -0.39 is 0 Å². The summed E-state index contributed by atoms with van der Waals surface area (Å²) in [4.78, 5) is 1.57. The van der Waals surface area contributed by atoms with Crippen LogP contribution in [0.1, 0.15) is 17.4 Å². The summed E-state index contributed by atoms with van der Waals surface area (Å²) in [6.07, 6.45) is 0.796. The van der Waals surface area contributed by atoms with Crippen LogP contribution in [0.2, 0.25) is 5.02 Å². The van der Waals surface area contributed by atoms with Crippen LogP contribution >= 0.6 is 22.9 Å². The molecular formula is C13H11ClN2S. The van der Waals surface area contributed by atoms with Crippen molar-refractivity contribution in [1.82, 2.24) is 0 Å². The average Bonchev–Trinajstić information content (AvgIpc) is 2.66. The van der Waals surface area contributed by atoms with Crippen molar-refractivity contribution in [1.29, 1.82) is 5.26 Å². The Morgan fingerprint density at radius 2 is 2.12 bits per heavy atom. The fourth-order valence-electron chi connectivity index (χ4n) is 1.77. The highest BCUT2D eigenvalue weighted by atomic mass is 35.5. The van der Waals surface area contributed by atoms with Crippen LogP contribution in [0.5, 0.6) is 0 Å².